The number of hydrogen-bond donors (Lipinski definition) is 0. The van der Waals surface area contributed by atoms with Crippen LogP contribution in [0.2, 0.25) is 0 Å². The third-order valence-corrected chi connectivity index (χ3v) is 6.92. The summed E-state index contributed by atoms with van der Waals surface area (Å²) in [5, 5.41) is 1.23. The Bertz CT molecular complexity index is 1390. The van der Waals surface area contributed by atoms with Crippen molar-refractivity contribution in [1.82, 2.24) is 9.55 Å². The number of nitrogens with zero attached hydrogens (tertiary/aromatic N) is 2. The number of aromatic nitrogens is 2. The zero-order chi connectivity index (χ0) is 23.3. The van der Waals surface area contributed by atoms with Gasteiger partial charge in [-0.3, -0.25) is 9.36 Å². The second kappa shape index (κ2) is 10.1. The average molecular weight is 471 g/mol. The molecular weight excluding hydrogens is 444 g/mol. The smallest absolute Gasteiger partial charge is 0.305 e. The Morgan fingerprint density at radius 3 is 2.59 bits per heavy atom. The molecule has 0 N–H and O–H groups in total. The van der Waals surface area contributed by atoms with Crippen molar-refractivity contribution in [2.24, 2.45) is 0 Å². The van der Waals surface area contributed by atoms with Gasteiger partial charge in [0.15, 0.2) is 5.82 Å². The van der Waals surface area contributed by atoms with Gasteiger partial charge in [-0.05, 0) is 61.0 Å². The minimum Gasteiger partial charge on any atom is -0.494 e. The quantitative estimate of drug-likeness (QED) is 0.172. The number of methoxy groups -OCH3 is 1. The molecule has 0 radical (unpaired) electrons. The van der Waals surface area contributed by atoms with Crippen molar-refractivity contribution in [2.45, 2.75) is 25.7 Å². The molecule has 0 spiro atoms. The summed E-state index contributed by atoms with van der Waals surface area (Å²) in [5.41, 5.74) is 3.01. The monoisotopic (exact) mass is 470 g/mol. The maximum atomic E-state index is 11.2. The fourth-order valence-electron chi connectivity index (χ4n) is 4.08. The lowest BCUT2D eigenvalue weighted by molar-refractivity contribution is -0.140. The van der Waals surface area contributed by atoms with Crippen LogP contribution in [0.4, 0.5) is 0 Å². The summed E-state index contributed by atoms with van der Waals surface area (Å²) in [6.45, 7) is 0.606. The van der Waals surface area contributed by atoms with E-state index in [2.05, 4.69) is 57.8 Å². The number of ether oxygens (including phenoxy) is 2. The summed E-state index contributed by atoms with van der Waals surface area (Å²) < 4.78 is 14.2. The lowest BCUT2D eigenvalue weighted by Gasteiger charge is -2.10. The van der Waals surface area contributed by atoms with E-state index >= 15 is 0 Å². The summed E-state index contributed by atoms with van der Waals surface area (Å²) in [4.78, 5) is 17.4. The van der Waals surface area contributed by atoms with Crippen molar-refractivity contribution in [2.75, 3.05) is 13.7 Å². The predicted octanol–water partition coefficient (Wildman–Crippen LogP) is 7.02. The van der Waals surface area contributed by atoms with Crippen LogP contribution in [-0.2, 0) is 9.53 Å². The molecule has 0 atom stereocenters. The first-order valence-electron chi connectivity index (χ1n) is 11.5. The molecule has 0 aliphatic heterocycles. The van der Waals surface area contributed by atoms with Crippen LogP contribution in [0.5, 0.6) is 5.75 Å². The van der Waals surface area contributed by atoms with Gasteiger partial charge >= 0.3 is 5.97 Å². The molecule has 0 saturated heterocycles. The minimum absolute atomic E-state index is 0.157. The normalized spacial score (nSPS) is 11.2. The number of rotatable bonds is 9. The van der Waals surface area contributed by atoms with E-state index in [-0.39, 0.29) is 5.97 Å². The highest BCUT2D eigenvalue weighted by Gasteiger charge is 2.17. The number of imidazole rings is 1. The summed E-state index contributed by atoms with van der Waals surface area (Å²) in [7, 11) is 1.42. The van der Waals surface area contributed by atoms with Gasteiger partial charge in [0.1, 0.15) is 5.75 Å². The molecule has 5 nitrogen and oxygen atoms in total. The molecule has 0 fully saturated rings. The van der Waals surface area contributed by atoms with E-state index in [1.807, 2.05) is 30.3 Å². The number of carbonyl (C=O) groups is 1. The van der Waals surface area contributed by atoms with Crippen molar-refractivity contribution < 1.29 is 14.3 Å². The van der Waals surface area contributed by atoms with Crippen molar-refractivity contribution in [3.8, 4) is 22.1 Å². The second-order valence-electron chi connectivity index (χ2n) is 8.14. The Morgan fingerprint density at radius 2 is 1.76 bits per heavy atom. The topological polar surface area (TPSA) is 53.4 Å². The summed E-state index contributed by atoms with van der Waals surface area (Å²) in [6.07, 6.45) is 3.09. The number of fused-ring (bicyclic) bond motifs is 2. The van der Waals surface area contributed by atoms with Gasteiger partial charge in [0.25, 0.3) is 0 Å². The van der Waals surface area contributed by atoms with E-state index in [0.29, 0.717) is 13.0 Å². The van der Waals surface area contributed by atoms with Crippen LogP contribution in [0.1, 0.15) is 25.7 Å². The third-order valence-electron chi connectivity index (χ3n) is 5.81. The molecule has 2 heterocycles. The summed E-state index contributed by atoms with van der Waals surface area (Å²) in [5.74, 6) is 1.60. The van der Waals surface area contributed by atoms with Crippen molar-refractivity contribution in [1.29, 1.82) is 0 Å². The van der Waals surface area contributed by atoms with Crippen LogP contribution in [0.15, 0.2) is 78.9 Å². The number of para-hydroxylation sites is 1. The van der Waals surface area contributed by atoms with E-state index in [1.54, 1.807) is 11.3 Å². The number of hydrogen-bond acceptors (Lipinski definition) is 5. The molecule has 3 aromatic carbocycles. The maximum Gasteiger partial charge on any atom is 0.305 e. The number of carbonyl (C=O) groups excluding carboxylic acids is 1. The van der Waals surface area contributed by atoms with E-state index in [1.165, 1.54) is 17.2 Å². The molecule has 0 aliphatic carbocycles. The van der Waals surface area contributed by atoms with Crippen LogP contribution in [0.25, 0.3) is 37.5 Å². The highest BCUT2D eigenvalue weighted by molar-refractivity contribution is 7.22. The molecule has 5 rings (SSSR count). The van der Waals surface area contributed by atoms with Gasteiger partial charge in [0, 0.05) is 22.9 Å². The molecule has 172 valence electrons. The van der Waals surface area contributed by atoms with E-state index in [4.69, 9.17) is 9.72 Å². The standard InChI is InChI=1S/C28H26N2O3S/c1-32-27(31)14-6-3-9-17-33-22-15-16-23-24(19-22)30(21-11-4-2-5-12-21)28(29-23)26-18-20-10-7-8-13-25(20)34-26/h2,4-5,7-8,10-13,15-16,18-19H,3,6,9,14,17H2,1H3. The Balaban J connectivity index is 1.43. The zero-order valence-corrected chi connectivity index (χ0v) is 19.9. The highest BCUT2D eigenvalue weighted by Crippen LogP contribution is 2.37. The Kier molecular flexibility index (Phi) is 6.58. The lowest BCUT2D eigenvalue weighted by Crippen LogP contribution is -2.01. The lowest BCUT2D eigenvalue weighted by atomic mass is 10.2. The van der Waals surface area contributed by atoms with Gasteiger partial charge in [-0.25, -0.2) is 4.98 Å². The van der Waals surface area contributed by atoms with Crippen LogP contribution in [0, 0.1) is 0 Å². The van der Waals surface area contributed by atoms with Gasteiger partial charge < -0.3 is 9.47 Å². The van der Waals surface area contributed by atoms with Crippen LogP contribution < -0.4 is 4.74 Å². The Hall–Kier alpha value is -3.64. The first kappa shape index (κ1) is 22.2. The first-order valence-corrected chi connectivity index (χ1v) is 12.3. The molecule has 5 aromatic rings. The number of esters is 1. The SMILES string of the molecule is COC(=O)CCCCCOc1ccc2nc(-c3cc4ccccc4s3)n(-c3ccccc3)c2c1. The van der Waals surface area contributed by atoms with Gasteiger partial charge in [-0.2, -0.15) is 0 Å². The maximum absolute atomic E-state index is 11.2. The van der Waals surface area contributed by atoms with Crippen LogP contribution >= 0.6 is 11.3 Å². The molecule has 0 bridgehead atoms. The van der Waals surface area contributed by atoms with Gasteiger partial charge in [-0.15, -0.1) is 11.3 Å². The molecule has 0 saturated carbocycles. The van der Waals surface area contributed by atoms with Crippen LogP contribution in [0.3, 0.4) is 0 Å². The van der Waals surface area contributed by atoms with E-state index in [9.17, 15) is 4.79 Å². The predicted molar refractivity (Wildman–Crippen MR) is 138 cm³/mol. The average Bonchev–Trinajstić information content (AvgIpc) is 3.47. The summed E-state index contributed by atoms with van der Waals surface area (Å²) >= 11 is 1.76. The van der Waals surface area contributed by atoms with Crippen molar-refractivity contribution in [3.63, 3.8) is 0 Å². The minimum atomic E-state index is -0.157. The van der Waals surface area contributed by atoms with Crippen molar-refractivity contribution in [3.05, 3.63) is 78.9 Å². The van der Waals surface area contributed by atoms with Gasteiger partial charge in [0.05, 0.1) is 29.6 Å². The zero-order valence-electron chi connectivity index (χ0n) is 19.1. The largest absolute Gasteiger partial charge is 0.494 e. The molecule has 0 aliphatic rings. The van der Waals surface area contributed by atoms with E-state index < -0.39 is 0 Å². The van der Waals surface area contributed by atoms with Gasteiger partial charge in [-0.1, -0.05) is 36.4 Å². The fourth-order valence-corrected chi connectivity index (χ4v) is 5.12. The van der Waals surface area contributed by atoms with Crippen molar-refractivity contribution >= 4 is 38.4 Å². The number of unbranched alkanes of at least 4 members (excludes halogenated alkanes) is 2. The Labute approximate surface area is 202 Å². The molecule has 34 heavy (non-hydrogen) atoms. The third kappa shape index (κ3) is 4.68. The molecule has 0 unspecified atom stereocenters. The van der Waals surface area contributed by atoms with Crippen LogP contribution in [-0.4, -0.2) is 29.2 Å². The second-order valence-corrected chi connectivity index (χ2v) is 9.22. The molecule has 2 aromatic heterocycles. The summed E-state index contributed by atoms with van der Waals surface area (Å²) in [6, 6.07) is 27.0. The fraction of sp³-hybridized carbons (Fsp3) is 0.214. The molecular formula is C28H26N2O3S. The first-order chi connectivity index (χ1) is 16.7. The highest BCUT2D eigenvalue weighted by atomic mass is 32.1. The van der Waals surface area contributed by atoms with E-state index in [0.717, 1.165) is 52.4 Å². The Morgan fingerprint density at radius 1 is 0.941 bits per heavy atom. The number of thiophene rings is 1. The molecule has 0 amide bonds. The molecule has 6 heteroatoms. The number of benzene rings is 3. The van der Waals surface area contributed by atoms with Gasteiger partial charge in [0.2, 0.25) is 0 Å².